The third-order valence-electron chi connectivity index (χ3n) is 4.22. The molecule has 0 aliphatic carbocycles. The zero-order valence-electron chi connectivity index (χ0n) is 15.0. The number of carbonyl (C=O) groups excluding carboxylic acids is 2. The molecule has 2 aromatic carbocycles. The molecule has 0 aromatic heterocycles. The molecule has 1 N–H and O–H groups in total. The van der Waals surface area contributed by atoms with Gasteiger partial charge in [-0.3, -0.25) is 9.59 Å². The van der Waals surface area contributed by atoms with E-state index in [0.717, 1.165) is 0 Å². The summed E-state index contributed by atoms with van der Waals surface area (Å²) in [6.45, 7) is 3.53. The lowest BCUT2D eigenvalue weighted by Crippen LogP contribution is -2.53. The third-order valence-corrected chi connectivity index (χ3v) is 4.46. The fraction of sp³-hybridized carbons (Fsp3) is 0.250. The van der Waals surface area contributed by atoms with Gasteiger partial charge in [0, 0.05) is 18.0 Å². The number of nitriles is 1. The summed E-state index contributed by atoms with van der Waals surface area (Å²) in [5.41, 5.74) is 0.329. The predicted octanol–water partition coefficient (Wildman–Crippen LogP) is 3.74. The molecule has 0 saturated carbocycles. The third kappa shape index (κ3) is 3.88. The number of carbonyl (C=O) groups is 2. The molecule has 0 radical (unpaired) electrons. The Hall–Kier alpha value is -3.04. The summed E-state index contributed by atoms with van der Waals surface area (Å²) in [5, 5.41) is 12.3. The lowest BCUT2D eigenvalue weighted by molar-refractivity contribution is -0.132. The van der Waals surface area contributed by atoms with Crippen molar-refractivity contribution < 1.29 is 14.3 Å². The van der Waals surface area contributed by atoms with Gasteiger partial charge in [-0.2, -0.15) is 5.26 Å². The summed E-state index contributed by atoms with van der Waals surface area (Å²) in [7, 11) is 0. The first kappa shape index (κ1) is 18.7. The average molecular weight is 384 g/mol. The molecule has 0 unspecified atom stereocenters. The molecule has 1 aliphatic rings. The van der Waals surface area contributed by atoms with Crippen molar-refractivity contribution in [3.8, 4) is 11.8 Å². The van der Waals surface area contributed by atoms with Crippen molar-refractivity contribution >= 4 is 34.8 Å². The molecule has 1 heterocycles. The summed E-state index contributed by atoms with van der Waals surface area (Å²) in [4.78, 5) is 26.6. The largest absolute Gasteiger partial charge is 0.476 e. The van der Waals surface area contributed by atoms with Gasteiger partial charge >= 0.3 is 0 Å². The molecule has 138 valence electrons. The Balaban J connectivity index is 1.77. The standard InChI is InChI=1S/C20H18ClN3O3/c1-20(2)19(26)24(16-11-14(21)7-8-17(16)27-20)10-9-18(25)23-15-6-4-3-5-13(15)12-22/h3-8,11H,9-10H2,1-2H3,(H,23,25). The molecule has 2 amide bonds. The second kappa shape index (κ2) is 7.29. The minimum atomic E-state index is -1.04. The first-order valence-corrected chi connectivity index (χ1v) is 8.79. The SMILES string of the molecule is CC1(C)Oc2ccc(Cl)cc2N(CCC(=O)Nc2ccccc2C#N)C1=O. The Kier molecular flexibility index (Phi) is 5.06. The number of fused-ring (bicyclic) bond motifs is 1. The molecule has 0 fully saturated rings. The minimum absolute atomic E-state index is 0.0630. The van der Waals surface area contributed by atoms with Gasteiger partial charge in [0.15, 0.2) is 5.60 Å². The summed E-state index contributed by atoms with van der Waals surface area (Å²) in [6, 6.07) is 13.8. The fourth-order valence-electron chi connectivity index (χ4n) is 2.88. The number of para-hydroxylation sites is 1. The van der Waals surface area contributed by atoms with E-state index in [1.807, 2.05) is 6.07 Å². The highest BCUT2D eigenvalue weighted by atomic mass is 35.5. The van der Waals surface area contributed by atoms with Crippen LogP contribution in [0.3, 0.4) is 0 Å². The van der Waals surface area contributed by atoms with E-state index in [9.17, 15) is 9.59 Å². The van der Waals surface area contributed by atoms with Crippen LogP contribution in [0.25, 0.3) is 0 Å². The fourth-order valence-corrected chi connectivity index (χ4v) is 3.04. The Bertz CT molecular complexity index is 950. The van der Waals surface area contributed by atoms with Crippen molar-refractivity contribution in [1.82, 2.24) is 0 Å². The van der Waals surface area contributed by atoms with Crippen LogP contribution in [-0.2, 0) is 9.59 Å². The van der Waals surface area contributed by atoms with Crippen molar-refractivity contribution in [2.45, 2.75) is 25.9 Å². The molecule has 2 aromatic rings. The Morgan fingerprint density at radius 1 is 1.30 bits per heavy atom. The molecule has 3 rings (SSSR count). The van der Waals surface area contributed by atoms with Gasteiger partial charge in [-0.05, 0) is 44.2 Å². The van der Waals surface area contributed by atoms with Crippen molar-refractivity contribution in [3.05, 3.63) is 53.1 Å². The van der Waals surface area contributed by atoms with E-state index in [-0.39, 0.29) is 24.8 Å². The summed E-state index contributed by atoms with van der Waals surface area (Å²) in [6.07, 6.45) is 0.0630. The zero-order chi connectivity index (χ0) is 19.6. The molecule has 6 nitrogen and oxygen atoms in total. The van der Waals surface area contributed by atoms with Crippen molar-refractivity contribution in [1.29, 1.82) is 5.26 Å². The van der Waals surface area contributed by atoms with Crippen molar-refractivity contribution in [2.75, 3.05) is 16.8 Å². The van der Waals surface area contributed by atoms with E-state index < -0.39 is 5.60 Å². The molecule has 1 aliphatic heterocycles. The monoisotopic (exact) mass is 383 g/mol. The smallest absolute Gasteiger partial charge is 0.270 e. The number of nitrogens with zero attached hydrogens (tertiary/aromatic N) is 2. The van der Waals surface area contributed by atoms with Crippen LogP contribution in [0.4, 0.5) is 11.4 Å². The highest BCUT2D eigenvalue weighted by Gasteiger charge is 2.40. The second-order valence-electron chi connectivity index (χ2n) is 6.64. The lowest BCUT2D eigenvalue weighted by Gasteiger charge is -2.38. The van der Waals surface area contributed by atoms with Gasteiger partial charge in [-0.15, -0.1) is 0 Å². The zero-order valence-corrected chi connectivity index (χ0v) is 15.7. The number of anilines is 2. The number of benzene rings is 2. The van der Waals surface area contributed by atoms with Gasteiger partial charge in [0.05, 0.1) is 16.9 Å². The first-order chi connectivity index (χ1) is 12.8. The number of ether oxygens (including phenoxy) is 1. The normalized spacial score (nSPS) is 14.7. The number of amides is 2. The maximum absolute atomic E-state index is 12.8. The molecular weight excluding hydrogens is 366 g/mol. The Morgan fingerprint density at radius 3 is 2.78 bits per heavy atom. The Morgan fingerprint density at radius 2 is 2.04 bits per heavy atom. The van der Waals surface area contributed by atoms with Crippen LogP contribution in [0.15, 0.2) is 42.5 Å². The second-order valence-corrected chi connectivity index (χ2v) is 7.07. The van der Waals surface area contributed by atoms with E-state index in [2.05, 4.69) is 5.32 Å². The van der Waals surface area contributed by atoms with Gasteiger partial charge in [-0.1, -0.05) is 23.7 Å². The van der Waals surface area contributed by atoms with Crippen LogP contribution in [0.2, 0.25) is 5.02 Å². The minimum Gasteiger partial charge on any atom is -0.476 e. The van der Waals surface area contributed by atoms with Gasteiger partial charge in [-0.25, -0.2) is 0 Å². The van der Waals surface area contributed by atoms with E-state index in [1.54, 1.807) is 56.3 Å². The number of hydrogen-bond acceptors (Lipinski definition) is 4. The number of rotatable bonds is 4. The summed E-state index contributed by atoms with van der Waals surface area (Å²) < 4.78 is 5.76. The average Bonchev–Trinajstić information content (AvgIpc) is 2.63. The molecule has 0 bridgehead atoms. The summed E-state index contributed by atoms with van der Waals surface area (Å²) in [5.74, 6) is 0.0000944. The molecule has 0 saturated heterocycles. The molecule has 0 spiro atoms. The predicted molar refractivity (Wildman–Crippen MR) is 103 cm³/mol. The van der Waals surface area contributed by atoms with Gasteiger partial charge < -0.3 is 15.0 Å². The van der Waals surface area contributed by atoms with Crippen molar-refractivity contribution in [2.24, 2.45) is 0 Å². The molecule has 27 heavy (non-hydrogen) atoms. The van der Waals surface area contributed by atoms with Gasteiger partial charge in [0.2, 0.25) is 5.91 Å². The van der Waals surface area contributed by atoms with Gasteiger partial charge in [0.1, 0.15) is 11.8 Å². The van der Waals surface area contributed by atoms with Crippen molar-refractivity contribution in [3.63, 3.8) is 0 Å². The van der Waals surface area contributed by atoms with Crippen LogP contribution in [0.5, 0.6) is 5.75 Å². The highest BCUT2D eigenvalue weighted by molar-refractivity contribution is 6.31. The van der Waals surface area contributed by atoms with E-state index >= 15 is 0 Å². The number of halogens is 1. The van der Waals surface area contributed by atoms with Crippen LogP contribution < -0.4 is 15.0 Å². The van der Waals surface area contributed by atoms with E-state index in [0.29, 0.717) is 27.7 Å². The lowest BCUT2D eigenvalue weighted by atomic mass is 10.0. The van der Waals surface area contributed by atoms with Crippen LogP contribution in [-0.4, -0.2) is 24.0 Å². The maximum atomic E-state index is 12.8. The first-order valence-electron chi connectivity index (χ1n) is 8.41. The highest BCUT2D eigenvalue weighted by Crippen LogP contribution is 2.39. The van der Waals surface area contributed by atoms with Crippen LogP contribution in [0, 0.1) is 11.3 Å². The molecule has 7 heteroatoms. The van der Waals surface area contributed by atoms with Gasteiger partial charge in [0.25, 0.3) is 5.91 Å². The topological polar surface area (TPSA) is 82.4 Å². The maximum Gasteiger partial charge on any atom is 0.270 e. The van der Waals surface area contributed by atoms with E-state index in [4.69, 9.17) is 21.6 Å². The quantitative estimate of drug-likeness (QED) is 0.871. The van der Waals surface area contributed by atoms with Crippen LogP contribution >= 0.6 is 11.6 Å². The molecule has 0 atom stereocenters. The van der Waals surface area contributed by atoms with E-state index in [1.165, 1.54) is 4.90 Å². The Labute approximate surface area is 162 Å². The molecular formula is C20H18ClN3O3. The number of nitrogens with one attached hydrogen (secondary N) is 1. The summed E-state index contributed by atoms with van der Waals surface area (Å²) >= 11 is 6.06. The number of hydrogen-bond donors (Lipinski definition) is 1. The van der Waals surface area contributed by atoms with Crippen LogP contribution in [0.1, 0.15) is 25.8 Å².